The third-order valence-electron chi connectivity index (χ3n) is 4.40. The number of nitrogens with one attached hydrogen (secondary N) is 1. The quantitative estimate of drug-likeness (QED) is 0.680. The average Bonchev–Trinajstić information content (AvgIpc) is 2.73. The second-order valence-electron chi connectivity index (χ2n) is 6.64. The van der Waals surface area contributed by atoms with Crippen molar-refractivity contribution in [3.63, 3.8) is 0 Å². The molecule has 0 radical (unpaired) electrons. The zero-order chi connectivity index (χ0) is 19.9. The third kappa shape index (κ3) is 4.85. The maximum absolute atomic E-state index is 12.6. The molecule has 0 aliphatic rings. The van der Waals surface area contributed by atoms with Crippen molar-refractivity contribution < 1.29 is 4.79 Å². The molecule has 1 heterocycles. The van der Waals surface area contributed by atoms with Gasteiger partial charge in [-0.1, -0.05) is 30.3 Å². The van der Waals surface area contributed by atoms with E-state index >= 15 is 0 Å². The van der Waals surface area contributed by atoms with Crippen LogP contribution in [0.1, 0.15) is 23.0 Å². The molecule has 0 bridgehead atoms. The Labute approximate surface area is 165 Å². The monoisotopic (exact) mass is 375 g/mol. The van der Waals surface area contributed by atoms with Crippen LogP contribution >= 0.6 is 0 Å². The Kier molecular flexibility index (Phi) is 6.22. The number of rotatable bonds is 7. The molecule has 0 fully saturated rings. The Morgan fingerprint density at radius 2 is 1.71 bits per heavy atom. The number of nitrogens with zero attached hydrogens (tertiary/aromatic N) is 4. The van der Waals surface area contributed by atoms with Crippen LogP contribution in [0.4, 0.5) is 17.3 Å². The minimum absolute atomic E-state index is 0.253. The van der Waals surface area contributed by atoms with Crippen LogP contribution in [0.2, 0.25) is 0 Å². The molecule has 0 saturated heterocycles. The predicted octanol–water partition coefficient (Wildman–Crippen LogP) is 3.82. The zero-order valence-corrected chi connectivity index (χ0v) is 16.5. The van der Waals surface area contributed by atoms with Gasteiger partial charge < -0.3 is 15.1 Å². The molecule has 144 valence electrons. The number of aromatic nitrogens is 2. The molecule has 2 aromatic carbocycles. The molecule has 28 heavy (non-hydrogen) atoms. The highest BCUT2D eigenvalue weighted by atomic mass is 16.1. The SMILES string of the molecule is CCN(Cc1ccccc1)c1nccc(C(=O)Nc2ccc(N(C)C)cc2)n1. The first-order valence-electron chi connectivity index (χ1n) is 9.27. The molecule has 1 N–H and O–H groups in total. The molecular weight excluding hydrogens is 350 g/mol. The van der Waals surface area contributed by atoms with E-state index < -0.39 is 0 Å². The van der Waals surface area contributed by atoms with Gasteiger partial charge in [-0.05, 0) is 42.8 Å². The molecule has 6 nitrogen and oxygen atoms in total. The first kappa shape index (κ1) is 19.4. The van der Waals surface area contributed by atoms with Crippen molar-refractivity contribution in [2.75, 3.05) is 35.8 Å². The maximum Gasteiger partial charge on any atom is 0.274 e. The van der Waals surface area contributed by atoms with Crippen molar-refractivity contribution in [2.45, 2.75) is 13.5 Å². The molecule has 3 aromatic rings. The van der Waals surface area contributed by atoms with Gasteiger partial charge in [-0.2, -0.15) is 0 Å². The molecule has 1 aromatic heterocycles. The fraction of sp³-hybridized carbons (Fsp3) is 0.227. The molecular formula is C22H25N5O. The Morgan fingerprint density at radius 1 is 1.00 bits per heavy atom. The van der Waals surface area contributed by atoms with Crippen molar-refractivity contribution in [1.29, 1.82) is 0 Å². The van der Waals surface area contributed by atoms with Gasteiger partial charge in [-0.25, -0.2) is 9.97 Å². The number of hydrogen-bond acceptors (Lipinski definition) is 5. The van der Waals surface area contributed by atoms with Crippen LogP contribution in [0.3, 0.4) is 0 Å². The molecule has 0 atom stereocenters. The molecule has 0 saturated carbocycles. The van der Waals surface area contributed by atoms with E-state index in [2.05, 4.69) is 27.4 Å². The summed E-state index contributed by atoms with van der Waals surface area (Å²) in [5.74, 6) is 0.291. The van der Waals surface area contributed by atoms with Gasteiger partial charge in [-0.3, -0.25) is 4.79 Å². The summed E-state index contributed by atoms with van der Waals surface area (Å²) < 4.78 is 0. The van der Waals surface area contributed by atoms with Crippen LogP contribution in [-0.2, 0) is 6.54 Å². The number of hydrogen-bond donors (Lipinski definition) is 1. The lowest BCUT2D eigenvalue weighted by Crippen LogP contribution is -2.25. The molecule has 0 unspecified atom stereocenters. The Morgan fingerprint density at radius 3 is 2.36 bits per heavy atom. The van der Waals surface area contributed by atoms with Gasteiger partial charge in [0.05, 0.1) is 0 Å². The summed E-state index contributed by atoms with van der Waals surface area (Å²) in [5, 5.41) is 2.89. The van der Waals surface area contributed by atoms with Crippen LogP contribution in [0.25, 0.3) is 0 Å². The van der Waals surface area contributed by atoms with E-state index in [1.165, 1.54) is 5.56 Å². The predicted molar refractivity (Wildman–Crippen MR) is 114 cm³/mol. The van der Waals surface area contributed by atoms with E-state index in [-0.39, 0.29) is 5.91 Å². The van der Waals surface area contributed by atoms with Gasteiger partial charge in [-0.15, -0.1) is 0 Å². The zero-order valence-electron chi connectivity index (χ0n) is 16.5. The molecule has 0 spiro atoms. The number of carbonyl (C=O) groups excluding carboxylic acids is 1. The highest BCUT2D eigenvalue weighted by molar-refractivity contribution is 6.03. The van der Waals surface area contributed by atoms with E-state index in [1.807, 2.05) is 73.3 Å². The fourth-order valence-corrected chi connectivity index (χ4v) is 2.79. The van der Waals surface area contributed by atoms with Crippen molar-refractivity contribution in [3.05, 3.63) is 78.1 Å². The maximum atomic E-state index is 12.6. The smallest absolute Gasteiger partial charge is 0.274 e. The van der Waals surface area contributed by atoms with Gasteiger partial charge in [0, 0.05) is 44.8 Å². The summed E-state index contributed by atoms with van der Waals surface area (Å²) in [6.07, 6.45) is 1.63. The standard InChI is InChI=1S/C22H25N5O/c1-4-27(16-17-8-6-5-7-9-17)22-23-15-14-20(25-22)21(28)24-18-10-12-19(13-11-18)26(2)3/h5-15H,4,16H2,1-3H3,(H,24,28). The van der Waals surface area contributed by atoms with Crippen LogP contribution in [-0.4, -0.2) is 36.5 Å². The summed E-state index contributed by atoms with van der Waals surface area (Å²) >= 11 is 0. The highest BCUT2D eigenvalue weighted by Gasteiger charge is 2.13. The summed E-state index contributed by atoms with van der Waals surface area (Å²) in [6.45, 7) is 3.48. The number of carbonyl (C=O) groups is 1. The van der Waals surface area contributed by atoms with Crippen LogP contribution < -0.4 is 15.1 Å². The van der Waals surface area contributed by atoms with Crippen LogP contribution in [0, 0.1) is 0 Å². The first-order chi connectivity index (χ1) is 13.6. The van der Waals surface area contributed by atoms with E-state index in [4.69, 9.17) is 0 Å². The Balaban J connectivity index is 1.73. The largest absolute Gasteiger partial charge is 0.378 e. The average molecular weight is 375 g/mol. The molecule has 1 amide bonds. The van der Waals surface area contributed by atoms with Gasteiger partial charge in [0.2, 0.25) is 5.95 Å². The molecule has 3 rings (SSSR count). The number of amides is 1. The molecule has 0 aliphatic heterocycles. The van der Waals surface area contributed by atoms with E-state index in [0.29, 0.717) is 18.2 Å². The minimum atomic E-state index is -0.253. The lowest BCUT2D eigenvalue weighted by Gasteiger charge is -2.21. The van der Waals surface area contributed by atoms with Crippen molar-refractivity contribution in [3.8, 4) is 0 Å². The normalized spacial score (nSPS) is 10.4. The second kappa shape index (κ2) is 8.99. The van der Waals surface area contributed by atoms with Crippen molar-refractivity contribution in [1.82, 2.24) is 9.97 Å². The fourth-order valence-electron chi connectivity index (χ4n) is 2.79. The van der Waals surface area contributed by atoms with Crippen LogP contribution in [0.15, 0.2) is 66.9 Å². The second-order valence-corrected chi connectivity index (χ2v) is 6.64. The van der Waals surface area contributed by atoms with E-state index in [0.717, 1.165) is 17.9 Å². The molecule has 0 aliphatic carbocycles. The van der Waals surface area contributed by atoms with Crippen LogP contribution in [0.5, 0.6) is 0 Å². The van der Waals surface area contributed by atoms with E-state index in [1.54, 1.807) is 12.3 Å². The minimum Gasteiger partial charge on any atom is -0.378 e. The number of anilines is 3. The Bertz CT molecular complexity index is 910. The summed E-state index contributed by atoms with van der Waals surface area (Å²) in [5.41, 5.74) is 3.31. The van der Waals surface area contributed by atoms with Gasteiger partial charge in [0.15, 0.2) is 0 Å². The number of benzene rings is 2. The van der Waals surface area contributed by atoms with Gasteiger partial charge in [0.1, 0.15) is 5.69 Å². The summed E-state index contributed by atoms with van der Waals surface area (Å²) in [6, 6.07) is 19.4. The van der Waals surface area contributed by atoms with Gasteiger partial charge >= 0.3 is 0 Å². The lowest BCUT2D eigenvalue weighted by molar-refractivity contribution is 0.102. The summed E-state index contributed by atoms with van der Waals surface area (Å²) in [4.78, 5) is 25.5. The summed E-state index contributed by atoms with van der Waals surface area (Å²) in [7, 11) is 3.95. The third-order valence-corrected chi connectivity index (χ3v) is 4.40. The first-order valence-corrected chi connectivity index (χ1v) is 9.27. The van der Waals surface area contributed by atoms with Gasteiger partial charge in [0.25, 0.3) is 5.91 Å². The topological polar surface area (TPSA) is 61.4 Å². The van der Waals surface area contributed by atoms with E-state index in [9.17, 15) is 4.79 Å². The molecule has 6 heteroatoms. The lowest BCUT2D eigenvalue weighted by atomic mass is 10.2. The Hall–Kier alpha value is -3.41. The van der Waals surface area contributed by atoms with Crippen molar-refractivity contribution in [2.24, 2.45) is 0 Å². The van der Waals surface area contributed by atoms with Crippen molar-refractivity contribution >= 4 is 23.2 Å². The highest BCUT2D eigenvalue weighted by Crippen LogP contribution is 2.17.